The molecule has 8 heteroatoms. The largest absolute Gasteiger partial charge is 0.432 e. The van der Waals surface area contributed by atoms with Crippen LogP contribution in [0.25, 0.3) is 0 Å². The number of hydrogen-bond donors (Lipinski definition) is 4. The van der Waals surface area contributed by atoms with Gasteiger partial charge in [0.25, 0.3) is 0 Å². The van der Waals surface area contributed by atoms with E-state index in [0.29, 0.717) is 30.8 Å². The summed E-state index contributed by atoms with van der Waals surface area (Å²) in [5.41, 5.74) is 1.15. The minimum atomic E-state index is -1.60. The maximum atomic E-state index is 14.4. The van der Waals surface area contributed by atoms with Gasteiger partial charge in [0.1, 0.15) is 24.4 Å². The van der Waals surface area contributed by atoms with E-state index in [2.05, 4.69) is 54.5 Å². The summed E-state index contributed by atoms with van der Waals surface area (Å²) in [4.78, 5) is 14.4. The number of esters is 1. The zero-order valence-corrected chi connectivity index (χ0v) is 29.0. The molecule has 6 aliphatic rings. The van der Waals surface area contributed by atoms with Crippen LogP contribution in [-0.2, 0) is 19.0 Å². The molecule has 0 aromatic heterocycles. The first-order valence-corrected chi connectivity index (χ1v) is 17.7. The molecule has 0 aromatic rings. The second kappa shape index (κ2) is 11.0. The van der Waals surface area contributed by atoms with Crippen molar-refractivity contribution >= 4 is 5.97 Å². The van der Waals surface area contributed by atoms with Crippen LogP contribution in [-0.4, -0.2) is 76.9 Å². The maximum Gasteiger partial charge on any atom is 0.315 e. The number of allylic oxidation sites excluding steroid dienone is 2. The van der Waals surface area contributed by atoms with Crippen molar-refractivity contribution in [1.82, 2.24) is 0 Å². The Morgan fingerprint density at radius 2 is 1.58 bits per heavy atom. The number of ether oxygens (including phenoxy) is 3. The van der Waals surface area contributed by atoms with Gasteiger partial charge < -0.3 is 34.6 Å². The highest BCUT2D eigenvalue weighted by Gasteiger charge is 2.69. The van der Waals surface area contributed by atoms with E-state index in [1.54, 1.807) is 0 Å². The van der Waals surface area contributed by atoms with Crippen LogP contribution in [0.5, 0.6) is 0 Å². The number of aliphatic hydroxyl groups excluding tert-OH is 4. The second-order valence-electron chi connectivity index (χ2n) is 18.1. The summed E-state index contributed by atoms with van der Waals surface area (Å²) >= 11 is 0. The van der Waals surface area contributed by atoms with Crippen molar-refractivity contribution in [2.75, 3.05) is 13.7 Å². The number of carbonyl (C=O) groups excluding carboxylic acids is 1. The highest BCUT2D eigenvalue weighted by atomic mass is 16.7. The lowest BCUT2D eigenvalue weighted by atomic mass is 9.33. The van der Waals surface area contributed by atoms with Crippen LogP contribution in [0.15, 0.2) is 11.6 Å². The number of fused-ring (bicyclic) bond motifs is 7. The minimum absolute atomic E-state index is 0.0151. The van der Waals surface area contributed by atoms with E-state index in [-0.39, 0.29) is 33.0 Å². The van der Waals surface area contributed by atoms with E-state index in [1.807, 2.05) is 7.11 Å². The van der Waals surface area contributed by atoms with Crippen molar-refractivity contribution in [3.05, 3.63) is 11.6 Å². The standard InChI is InChI=1S/C37H60O8/c1-32(2)15-17-37(31(42)45-30-29(41)28(40)27(39)23(20-38)44-30)18-16-35(6)21(22(37)19-32)9-10-25-34(5)13-12-26(43-8)33(3,4)24(34)11-14-36(25,35)7/h9,22-30,38-41H,10-20H2,1-8H3/t22-,23+,24-,25+,26-,27+,28-,29+,30-,34-,35+,36+,37-/m0/s1. The van der Waals surface area contributed by atoms with Gasteiger partial charge in [-0.05, 0) is 109 Å². The van der Waals surface area contributed by atoms with E-state index in [1.165, 1.54) is 24.8 Å². The fourth-order valence-electron chi connectivity index (χ4n) is 12.4. The van der Waals surface area contributed by atoms with Gasteiger partial charge in [0, 0.05) is 7.11 Å². The summed E-state index contributed by atoms with van der Waals surface area (Å²) in [7, 11) is 1.88. The van der Waals surface area contributed by atoms with E-state index in [0.717, 1.165) is 32.1 Å². The molecular weight excluding hydrogens is 572 g/mol. The van der Waals surface area contributed by atoms with Crippen LogP contribution in [0.4, 0.5) is 0 Å². The normalized spacial score (nSPS) is 51.9. The van der Waals surface area contributed by atoms with Gasteiger partial charge in [-0.25, -0.2) is 0 Å². The monoisotopic (exact) mass is 632 g/mol. The van der Waals surface area contributed by atoms with Crippen molar-refractivity contribution in [3.63, 3.8) is 0 Å². The Morgan fingerprint density at radius 3 is 2.24 bits per heavy atom. The Morgan fingerprint density at radius 1 is 0.889 bits per heavy atom. The molecule has 0 radical (unpaired) electrons. The lowest BCUT2D eigenvalue weighted by Gasteiger charge is -2.71. The Bertz CT molecular complexity index is 1190. The summed E-state index contributed by atoms with van der Waals surface area (Å²) in [6.07, 6.45) is 5.34. The van der Waals surface area contributed by atoms with Crippen molar-refractivity contribution in [1.29, 1.82) is 0 Å². The molecule has 0 spiro atoms. The zero-order valence-electron chi connectivity index (χ0n) is 29.0. The average molecular weight is 633 g/mol. The van der Waals surface area contributed by atoms with E-state index in [9.17, 15) is 25.2 Å². The Hall–Kier alpha value is -1.03. The molecule has 13 atom stereocenters. The summed E-state index contributed by atoms with van der Waals surface area (Å²) in [5.74, 6) is 0.782. The molecule has 8 nitrogen and oxygen atoms in total. The maximum absolute atomic E-state index is 14.4. The lowest BCUT2D eigenvalue weighted by molar-refractivity contribution is -0.297. The van der Waals surface area contributed by atoms with Crippen LogP contribution < -0.4 is 0 Å². The first-order valence-electron chi connectivity index (χ1n) is 17.7. The number of methoxy groups -OCH3 is 1. The Kier molecular flexibility index (Phi) is 8.27. The number of rotatable bonds is 4. The van der Waals surface area contributed by atoms with Gasteiger partial charge in [0.05, 0.1) is 18.1 Å². The summed E-state index contributed by atoms with van der Waals surface area (Å²) < 4.78 is 17.6. The Balaban J connectivity index is 1.35. The van der Waals surface area contributed by atoms with E-state index >= 15 is 0 Å². The molecule has 0 bridgehead atoms. The lowest BCUT2D eigenvalue weighted by Crippen LogP contribution is -2.65. The van der Waals surface area contributed by atoms with Crippen LogP contribution in [0.2, 0.25) is 0 Å². The predicted molar refractivity (Wildman–Crippen MR) is 170 cm³/mol. The Labute approximate surface area is 270 Å². The molecule has 4 saturated carbocycles. The number of aliphatic hydroxyl groups is 4. The third-order valence-corrected chi connectivity index (χ3v) is 15.3. The molecule has 0 amide bonds. The molecule has 1 heterocycles. The molecule has 6 rings (SSSR count). The van der Waals surface area contributed by atoms with Crippen LogP contribution in [0, 0.1) is 50.2 Å². The molecule has 4 N–H and O–H groups in total. The van der Waals surface area contributed by atoms with Crippen LogP contribution >= 0.6 is 0 Å². The third kappa shape index (κ3) is 4.69. The predicted octanol–water partition coefficient (Wildman–Crippen LogP) is 5.15. The topological polar surface area (TPSA) is 126 Å². The van der Waals surface area contributed by atoms with Gasteiger partial charge in [0.2, 0.25) is 6.29 Å². The molecule has 0 aromatic carbocycles. The summed E-state index contributed by atoms with van der Waals surface area (Å²) in [6, 6.07) is 0. The van der Waals surface area contributed by atoms with Crippen molar-refractivity contribution < 1.29 is 39.4 Å². The molecule has 1 aliphatic heterocycles. The van der Waals surface area contributed by atoms with Gasteiger partial charge in [0.15, 0.2) is 0 Å². The average Bonchev–Trinajstić information content (AvgIpc) is 2.97. The van der Waals surface area contributed by atoms with Crippen molar-refractivity contribution in [3.8, 4) is 0 Å². The highest BCUT2D eigenvalue weighted by molar-refractivity contribution is 5.79. The van der Waals surface area contributed by atoms with E-state index in [4.69, 9.17) is 14.2 Å². The fourth-order valence-corrected chi connectivity index (χ4v) is 12.4. The fraction of sp³-hybridized carbons (Fsp3) is 0.919. The van der Waals surface area contributed by atoms with E-state index < -0.39 is 48.7 Å². The van der Waals surface area contributed by atoms with Crippen molar-refractivity contribution in [2.24, 2.45) is 50.2 Å². The first-order chi connectivity index (χ1) is 20.9. The number of hydrogen-bond acceptors (Lipinski definition) is 8. The van der Waals surface area contributed by atoms with Gasteiger partial charge in [-0.3, -0.25) is 4.79 Å². The molecule has 5 aliphatic carbocycles. The SMILES string of the molecule is CO[C@H]1CC[C@]2(C)[C@H]3CC=C4[C@@H]5CC(C)(C)CC[C@]5(C(=O)O[C@@H]5O[C@H](CO)[C@@H](O)[C@H](O)[C@H]5O)CC[C@@]4(C)[C@]3(C)CC[C@H]2C1(C)C. The first kappa shape index (κ1) is 33.9. The number of carbonyl (C=O) groups is 1. The molecular formula is C37H60O8. The highest BCUT2D eigenvalue weighted by Crippen LogP contribution is 2.76. The van der Waals surface area contributed by atoms with Crippen LogP contribution in [0.3, 0.4) is 0 Å². The van der Waals surface area contributed by atoms with Gasteiger partial charge >= 0.3 is 5.97 Å². The molecule has 5 fully saturated rings. The van der Waals surface area contributed by atoms with Crippen molar-refractivity contribution in [2.45, 2.75) is 149 Å². The smallest absolute Gasteiger partial charge is 0.315 e. The molecule has 0 unspecified atom stereocenters. The molecule has 256 valence electrons. The molecule has 1 saturated heterocycles. The van der Waals surface area contributed by atoms with Gasteiger partial charge in [-0.2, -0.15) is 0 Å². The van der Waals surface area contributed by atoms with Crippen LogP contribution in [0.1, 0.15) is 113 Å². The quantitative estimate of drug-likeness (QED) is 0.248. The zero-order chi connectivity index (χ0) is 33.0. The minimum Gasteiger partial charge on any atom is -0.432 e. The second-order valence-corrected chi connectivity index (χ2v) is 18.1. The summed E-state index contributed by atoms with van der Waals surface area (Å²) in [6.45, 7) is 16.5. The third-order valence-electron chi connectivity index (χ3n) is 15.3. The van der Waals surface area contributed by atoms with Gasteiger partial charge in [-0.1, -0.05) is 60.1 Å². The molecule has 45 heavy (non-hydrogen) atoms. The summed E-state index contributed by atoms with van der Waals surface area (Å²) in [5, 5.41) is 41.1. The van der Waals surface area contributed by atoms with Gasteiger partial charge in [-0.15, -0.1) is 0 Å².